The van der Waals surface area contributed by atoms with Gasteiger partial charge in [-0.1, -0.05) is 42.2 Å². The summed E-state index contributed by atoms with van der Waals surface area (Å²) in [6.07, 6.45) is 2.02. The molecule has 0 amide bonds. The molecule has 2 rings (SSSR count). The Bertz CT molecular complexity index is 621. The topological polar surface area (TPSA) is 29.5 Å². The van der Waals surface area contributed by atoms with Gasteiger partial charge in [0.25, 0.3) is 0 Å². The molecule has 2 nitrogen and oxygen atoms in total. The van der Waals surface area contributed by atoms with E-state index in [0.717, 1.165) is 29.7 Å². The van der Waals surface area contributed by atoms with Crippen LogP contribution in [-0.4, -0.2) is 18.3 Å². The van der Waals surface area contributed by atoms with E-state index in [2.05, 4.69) is 36.1 Å². The van der Waals surface area contributed by atoms with Gasteiger partial charge in [0.05, 0.1) is 6.61 Å². The molecular weight excluding hydrogens is 260 g/mol. The molecule has 0 saturated carbocycles. The van der Waals surface area contributed by atoms with Crippen molar-refractivity contribution < 1.29 is 9.84 Å². The Morgan fingerprint density at radius 3 is 2.62 bits per heavy atom. The summed E-state index contributed by atoms with van der Waals surface area (Å²) in [5.41, 5.74) is 3.31. The Balaban J connectivity index is 1.83. The van der Waals surface area contributed by atoms with Crippen LogP contribution < -0.4 is 4.74 Å². The fraction of sp³-hybridized carbons (Fsp3) is 0.263. The van der Waals surface area contributed by atoms with Crippen molar-refractivity contribution in [3.63, 3.8) is 0 Å². The van der Waals surface area contributed by atoms with Crippen LogP contribution in [0.15, 0.2) is 48.5 Å². The molecule has 0 atom stereocenters. The van der Waals surface area contributed by atoms with E-state index < -0.39 is 0 Å². The Labute approximate surface area is 126 Å². The molecular formula is C19H20O2. The molecule has 0 aromatic heterocycles. The minimum Gasteiger partial charge on any atom is -0.493 e. The second-order valence-electron chi connectivity index (χ2n) is 4.88. The van der Waals surface area contributed by atoms with E-state index in [1.165, 1.54) is 5.56 Å². The van der Waals surface area contributed by atoms with E-state index in [9.17, 15) is 0 Å². The van der Waals surface area contributed by atoms with Crippen LogP contribution in [-0.2, 0) is 6.42 Å². The molecule has 0 heterocycles. The molecule has 0 aliphatic heterocycles. The van der Waals surface area contributed by atoms with Gasteiger partial charge >= 0.3 is 0 Å². The number of aliphatic hydroxyl groups is 1. The third-order valence-corrected chi connectivity index (χ3v) is 3.20. The number of hydrogen-bond donors (Lipinski definition) is 1. The van der Waals surface area contributed by atoms with Crippen molar-refractivity contribution in [3.05, 3.63) is 65.2 Å². The quantitative estimate of drug-likeness (QED) is 0.672. The smallest absolute Gasteiger partial charge is 0.122 e. The van der Waals surface area contributed by atoms with E-state index in [1.807, 2.05) is 31.2 Å². The number of aliphatic hydroxyl groups excluding tert-OH is 1. The fourth-order valence-electron chi connectivity index (χ4n) is 2.13. The van der Waals surface area contributed by atoms with Crippen LogP contribution in [0.2, 0.25) is 0 Å². The maximum Gasteiger partial charge on any atom is 0.122 e. The van der Waals surface area contributed by atoms with Crippen molar-refractivity contribution in [2.75, 3.05) is 13.2 Å². The van der Waals surface area contributed by atoms with Gasteiger partial charge in [-0.2, -0.15) is 0 Å². The summed E-state index contributed by atoms with van der Waals surface area (Å²) in [4.78, 5) is 0. The highest BCUT2D eigenvalue weighted by molar-refractivity contribution is 5.43. The summed E-state index contributed by atoms with van der Waals surface area (Å²) in [5.74, 6) is 6.44. The Morgan fingerprint density at radius 2 is 1.90 bits per heavy atom. The molecule has 0 aliphatic rings. The molecule has 0 spiro atoms. The monoisotopic (exact) mass is 280 g/mol. The van der Waals surface area contributed by atoms with Gasteiger partial charge in [-0.3, -0.25) is 0 Å². The van der Waals surface area contributed by atoms with Gasteiger partial charge in [0.2, 0.25) is 0 Å². The van der Waals surface area contributed by atoms with Crippen LogP contribution in [0.5, 0.6) is 5.75 Å². The molecule has 0 aliphatic carbocycles. The first kappa shape index (κ1) is 15.2. The largest absolute Gasteiger partial charge is 0.493 e. The van der Waals surface area contributed by atoms with Crippen molar-refractivity contribution in [2.45, 2.75) is 19.8 Å². The predicted octanol–water partition coefficient (Wildman–Crippen LogP) is 3.35. The lowest BCUT2D eigenvalue weighted by Gasteiger charge is -2.09. The number of aryl methyl sites for hydroxylation is 2. The molecule has 0 radical (unpaired) electrons. The second-order valence-corrected chi connectivity index (χ2v) is 4.88. The molecule has 2 heteroatoms. The van der Waals surface area contributed by atoms with Crippen molar-refractivity contribution in [1.82, 2.24) is 0 Å². The van der Waals surface area contributed by atoms with Gasteiger partial charge in [-0.15, -0.1) is 0 Å². The zero-order valence-electron chi connectivity index (χ0n) is 12.3. The fourth-order valence-corrected chi connectivity index (χ4v) is 2.13. The third kappa shape index (κ3) is 4.98. The van der Waals surface area contributed by atoms with E-state index >= 15 is 0 Å². The van der Waals surface area contributed by atoms with Gasteiger partial charge in [-0.05, 0) is 49.1 Å². The summed E-state index contributed by atoms with van der Waals surface area (Å²) in [7, 11) is 0. The van der Waals surface area contributed by atoms with Crippen LogP contribution in [0, 0.1) is 18.8 Å². The van der Waals surface area contributed by atoms with Crippen LogP contribution in [0.3, 0.4) is 0 Å². The molecule has 1 N–H and O–H groups in total. The second kappa shape index (κ2) is 8.14. The number of ether oxygens (including phenoxy) is 1. The van der Waals surface area contributed by atoms with Gasteiger partial charge in [0.1, 0.15) is 12.4 Å². The Hall–Kier alpha value is -2.24. The SMILES string of the molecule is Cc1cc(C#CCO)ccc1OCCCc1ccccc1. The summed E-state index contributed by atoms with van der Waals surface area (Å²) < 4.78 is 5.82. The van der Waals surface area contributed by atoms with Crippen molar-refractivity contribution in [1.29, 1.82) is 0 Å². The maximum atomic E-state index is 8.69. The summed E-state index contributed by atoms with van der Waals surface area (Å²) in [6, 6.07) is 16.3. The van der Waals surface area contributed by atoms with Gasteiger partial charge < -0.3 is 9.84 Å². The highest BCUT2D eigenvalue weighted by Gasteiger charge is 2.00. The maximum absolute atomic E-state index is 8.69. The Kier molecular flexibility index (Phi) is 5.87. The van der Waals surface area contributed by atoms with Gasteiger partial charge in [0.15, 0.2) is 0 Å². The number of benzene rings is 2. The zero-order valence-corrected chi connectivity index (χ0v) is 12.3. The highest BCUT2D eigenvalue weighted by atomic mass is 16.5. The molecule has 2 aromatic carbocycles. The average molecular weight is 280 g/mol. The van der Waals surface area contributed by atoms with Gasteiger partial charge in [-0.25, -0.2) is 0 Å². The van der Waals surface area contributed by atoms with Crippen LogP contribution in [0.4, 0.5) is 0 Å². The van der Waals surface area contributed by atoms with Crippen LogP contribution in [0.25, 0.3) is 0 Å². The van der Waals surface area contributed by atoms with E-state index in [1.54, 1.807) is 0 Å². The molecule has 0 unspecified atom stereocenters. The highest BCUT2D eigenvalue weighted by Crippen LogP contribution is 2.19. The molecule has 2 aromatic rings. The van der Waals surface area contributed by atoms with E-state index in [0.29, 0.717) is 6.61 Å². The molecule has 0 bridgehead atoms. The van der Waals surface area contributed by atoms with Crippen molar-refractivity contribution >= 4 is 0 Å². The zero-order chi connectivity index (χ0) is 14.9. The van der Waals surface area contributed by atoms with Crippen molar-refractivity contribution in [2.24, 2.45) is 0 Å². The number of rotatable bonds is 5. The number of hydrogen-bond acceptors (Lipinski definition) is 2. The predicted molar refractivity (Wildman–Crippen MR) is 85.4 cm³/mol. The van der Waals surface area contributed by atoms with Crippen LogP contribution in [0.1, 0.15) is 23.1 Å². The Morgan fingerprint density at radius 1 is 1.10 bits per heavy atom. The summed E-state index contributed by atoms with van der Waals surface area (Å²) >= 11 is 0. The lowest BCUT2D eigenvalue weighted by molar-refractivity contribution is 0.309. The van der Waals surface area contributed by atoms with E-state index in [-0.39, 0.29) is 6.61 Å². The summed E-state index contributed by atoms with van der Waals surface area (Å²) in [5, 5.41) is 8.69. The minimum absolute atomic E-state index is 0.114. The molecule has 0 saturated heterocycles. The first-order valence-electron chi connectivity index (χ1n) is 7.16. The normalized spacial score (nSPS) is 9.81. The van der Waals surface area contributed by atoms with Crippen molar-refractivity contribution in [3.8, 4) is 17.6 Å². The summed E-state index contributed by atoms with van der Waals surface area (Å²) in [6.45, 7) is 2.60. The molecule has 108 valence electrons. The van der Waals surface area contributed by atoms with Gasteiger partial charge in [0, 0.05) is 5.56 Å². The molecule has 0 fully saturated rings. The first-order valence-corrected chi connectivity index (χ1v) is 7.16. The minimum atomic E-state index is -0.114. The lowest BCUT2D eigenvalue weighted by Crippen LogP contribution is -2.00. The lowest BCUT2D eigenvalue weighted by atomic mass is 10.1. The standard InChI is InChI=1S/C19H20O2/c1-16-15-18(9-5-13-20)11-12-19(16)21-14-6-10-17-7-3-2-4-8-17/h2-4,7-8,11-12,15,20H,6,10,13-14H2,1H3. The van der Waals surface area contributed by atoms with Crippen LogP contribution >= 0.6 is 0 Å². The first-order chi connectivity index (χ1) is 10.3. The van der Waals surface area contributed by atoms with E-state index in [4.69, 9.17) is 9.84 Å². The third-order valence-electron chi connectivity index (χ3n) is 3.20. The molecule has 21 heavy (non-hydrogen) atoms. The average Bonchev–Trinajstić information content (AvgIpc) is 2.52.